The average Bonchev–Trinajstić information content (AvgIpc) is 2.64. The van der Waals surface area contributed by atoms with Crippen molar-refractivity contribution in [2.24, 2.45) is 0 Å². The SMILES string of the molecule is O=C1O[C@@H](CO)CN1c1ccc(Br)c(F)c1. The van der Waals surface area contributed by atoms with E-state index in [1.54, 1.807) is 6.07 Å². The van der Waals surface area contributed by atoms with Crippen LogP contribution in [0.5, 0.6) is 0 Å². The number of anilines is 1. The Hall–Kier alpha value is -1.14. The van der Waals surface area contributed by atoms with Gasteiger partial charge in [0.05, 0.1) is 23.3 Å². The summed E-state index contributed by atoms with van der Waals surface area (Å²) in [7, 11) is 0. The Bertz CT molecular complexity index is 427. The first kappa shape index (κ1) is 11.3. The number of hydrogen-bond donors (Lipinski definition) is 1. The third kappa shape index (κ3) is 2.03. The van der Waals surface area contributed by atoms with E-state index in [1.807, 2.05) is 0 Å². The molecule has 0 radical (unpaired) electrons. The fourth-order valence-electron chi connectivity index (χ4n) is 1.48. The Balaban J connectivity index is 2.24. The Labute approximate surface area is 99.7 Å². The maximum atomic E-state index is 13.3. The molecule has 2 rings (SSSR count). The van der Waals surface area contributed by atoms with Crippen molar-refractivity contribution in [1.82, 2.24) is 0 Å². The standard InChI is InChI=1S/C10H9BrFNO3/c11-8-2-1-6(3-9(8)12)13-4-7(5-14)16-10(13)15/h1-3,7,14H,4-5H2/t7-/m1/s1. The van der Waals surface area contributed by atoms with Crippen LogP contribution >= 0.6 is 15.9 Å². The first-order chi connectivity index (χ1) is 7.61. The zero-order chi connectivity index (χ0) is 11.7. The summed E-state index contributed by atoms with van der Waals surface area (Å²) >= 11 is 3.03. The van der Waals surface area contributed by atoms with Crippen LogP contribution in [0.1, 0.15) is 0 Å². The number of carbonyl (C=O) groups is 1. The predicted octanol–water partition coefficient (Wildman–Crippen LogP) is 1.91. The van der Waals surface area contributed by atoms with Gasteiger partial charge in [0, 0.05) is 0 Å². The fourth-order valence-corrected chi connectivity index (χ4v) is 1.73. The van der Waals surface area contributed by atoms with Crippen molar-refractivity contribution in [3.05, 3.63) is 28.5 Å². The number of aliphatic hydroxyl groups is 1. The molecule has 1 aromatic rings. The summed E-state index contributed by atoms with van der Waals surface area (Å²) in [6, 6.07) is 4.36. The number of halogens is 2. The van der Waals surface area contributed by atoms with Crippen molar-refractivity contribution in [1.29, 1.82) is 0 Å². The maximum Gasteiger partial charge on any atom is 0.414 e. The Kier molecular flexibility index (Phi) is 3.11. The van der Waals surface area contributed by atoms with E-state index in [4.69, 9.17) is 9.84 Å². The number of aliphatic hydroxyl groups excluding tert-OH is 1. The number of nitrogens with zero attached hydrogens (tertiary/aromatic N) is 1. The van der Waals surface area contributed by atoms with E-state index in [0.29, 0.717) is 10.2 Å². The van der Waals surface area contributed by atoms with Gasteiger partial charge in [0.2, 0.25) is 0 Å². The molecule has 1 aromatic carbocycles. The highest BCUT2D eigenvalue weighted by molar-refractivity contribution is 9.10. The van der Waals surface area contributed by atoms with E-state index in [0.717, 1.165) is 0 Å². The summed E-state index contributed by atoms with van der Waals surface area (Å²) in [4.78, 5) is 12.7. The minimum Gasteiger partial charge on any atom is -0.441 e. The van der Waals surface area contributed by atoms with Gasteiger partial charge in [-0.05, 0) is 34.1 Å². The Morgan fingerprint density at radius 1 is 1.62 bits per heavy atom. The summed E-state index contributed by atoms with van der Waals surface area (Å²) in [6.45, 7) is -0.00233. The monoisotopic (exact) mass is 289 g/mol. The van der Waals surface area contributed by atoms with Gasteiger partial charge in [-0.2, -0.15) is 0 Å². The third-order valence-electron chi connectivity index (χ3n) is 2.29. The van der Waals surface area contributed by atoms with E-state index in [-0.39, 0.29) is 13.2 Å². The van der Waals surface area contributed by atoms with Crippen molar-refractivity contribution >= 4 is 27.7 Å². The molecule has 1 fully saturated rings. The molecular formula is C10H9BrFNO3. The summed E-state index contributed by atoms with van der Waals surface area (Å²) in [5, 5.41) is 8.86. The Morgan fingerprint density at radius 2 is 2.38 bits per heavy atom. The van der Waals surface area contributed by atoms with Crippen LogP contribution < -0.4 is 4.90 Å². The molecule has 0 aliphatic carbocycles. The molecule has 16 heavy (non-hydrogen) atoms. The van der Waals surface area contributed by atoms with Gasteiger partial charge in [0.15, 0.2) is 0 Å². The number of ether oxygens (including phenoxy) is 1. The summed E-state index contributed by atoms with van der Waals surface area (Å²) in [5.74, 6) is -0.447. The van der Waals surface area contributed by atoms with E-state index in [2.05, 4.69) is 15.9 Å². The highest BCUT2D eigenvalue weighted by Gasteiger charge is 2.31. The van der Waals surface area contributed by atoms with E-state index in [1.165, 1.54) is 17.0 Å². The lowest BCUT2D eigenvalue weighted by molar-refractivity contribution is 0.0963. The lowest BCUT2D eigenvalue weighted by Gasteiger charge is -2.12. The van der Waals surface area contributed by atoms with Gasteiger partial charge in [-0.3, -0.25) is 4.90 Å². The van der Waals surface area contributed by atoms with Crippen molar-refractivity contribution in [3.8, 4) is 0 Å². The van der Waals surface area contributed by atoms with Crippen LogP contribution in [-0.2, 0) is 4.74 Å². The van der Waals surface area contributed by atoms with Crippen molar-refractivity contribution < 1.29 is 19.0 Å². The molecule has 0 bridgehead atoms. The minimum atomic E-state index is -0.569. The topological polar surface area (TPSA) is 49.8 Å². The molecule has 1 saturated heterocycles. The van der Waals surface area contributed by atoms with E-state index < -0.39 is 18.0 Å². The molecular weight excluding hydrogens is 281 g/mol. The van der Waals surface area contributed by atoms with Crippen LogP contribution in [0.4, 0.5) is 14.9 Å². The second-order valence-electron chi connectivity index (χ2n) is 3.40. The number of cyclic esters (lactones) is 1. The van der Waals surface area contributed by atoms with Gasteiger partial charge in [0.1, 0.15) is 11.9 Å². The molecule has 86 valence electrons. The smallest absolute Gasteiger partial charge is 0.414 e. The van der Waals surface area contributed by atoms with E-state index in [9.17, 15) is 9.18 Å². The van der Waals surface area contributed by atoms with E-state index >= 15 is 0 Å². The molecule has 6 heteroatoms. The van der Waals surface area contributed by atoms with Gasteiger partial charge in [-0.1, -0.05) is 0 Å². The first-order valence-corrected chi connectivity index (χ1v) is 5.45. The highest BCUT2D eigenvalue weighted by Crippen LogP contribution is 2.25. The zero-order valence-electron chi connectivity index (χ0n) is 8.19. The predicted molar refractivity (Wildman–Crippen MR) is 58.8 cm³/mol. The Morgan fingerprint density at radius 3 is 2.94 bits per heavy atom. The molecule has 1 aliphatic heterocycles. The number of rotatable bonds is 2. The molecule has 1 N–H and O–H groups in total. The molecule has 0 saturated carbocycles. The number of hydrogen-bond acceptors (Lipinski definition) is 3. The van der Waals surface area contributed by atoms with Crippen molar-refractivity contribution in [2.45, 2.75) is 6.10 Å². The van der Waals surface area contributed by atoms with Crippen LogP contribution in [0.15, 0.2) is 22.7 Å². The van der Waals surface area contributed by atoms with Crippen LogP contribution in [0.2, 0.25) is 0 Å². The molecule has 1 amide bonds. The largest absolute Gasteiger partial charge is 0.441 e. The molecule has 1 heterocycles. The lowest BCUT2D eigenvalue weighted by Crippen LogP contribution is -2.25. The normalized spacial score (nSPS) is 20.1. The summed E-state index contributed by atoms with van der Waals surface area (Å²) in [6.07, 6.45) is -1.11. The van der Waals surface area contributed by atoms with Gasteiger partial charge in [-0.25, -0.2) is 9.18 Å². The third-order valence-corrected chi connectivity index (χ3v) is 2.94. The zero-order valence-corrected chi connectivity index (χ0v) is 9.78. The second kappa shape index (κ2) is 4.39. The van der Waals surface area contributed by atoms with Crippen LogP contribution in [0.3, 0.4) is 0 Å². The highest BCUT2D eigenvalue weighted by atomic mass is 79.9. The van der Waals surface area contributed by atoms with Gasteiger partial charge >= 0.3 is 6.09 Å². The first-order valence-electron chi connectivity index (χ1n) is 4.66. The number of benzene rings is 1. The van der Waals surface area contributed by atoms with Crippen LogP contribution in [0.25, 0.3) is 0 Å². The van der Waals surface area contributed by atoms with Crippen molar-refractivity contribution in [3.63, 3.8) is 0 Å². The van der Waals surface area contributed by atoms with Gasteiger partial charge < -0.3 is 9.84 Å². The fraction of sp³-hybridized carbons (Fsp3) is 0.300. The molecule has 0 spiro atoms. The van der Waals surface area contributed by atoms with Gasteiger partial charge in [-0.15, -0.1) is 0 Å². The summed E-state index contributed by atoms with van der Waals surface area (Å²) in [5.41, 5.74) is 0.418. The molecule has 0 unspecified atom stereocenters. The molecule has 1 aliphatic rings. The molecule has 1 atom stereocenters. The minimum absolute atomic E-state index is 0.233. The van der Waals surface area contributed by atoms with Crippen LogP contribution in [0, 0.1) is 5.82 Å². The summed E-state index contributed by atoms with van der Waals surface area (Å²) < 4.78 is 18.4. The number of carbonyl (C=O) groups excluding carboxylic acids is 1. The maximum absolute atomic E-state index is 13.3. The quantitative estimate of drug-likeness (QED) is 0.905. The lowest BCUT2D eigenvalue weighted by atomic mass is 10.2. The van der Waals surface area contributed by atoms with Crippen molar-refractivity contribution in [2.75, 3.05) is 18.1 Å². The second-order valence-corrected chi connectivity index (χ2v) is 4.25. The molecule has 0 aromatic heterocycles. The van der Waals surface area contributed by atoms with Gasteiger partial charge in [0.25, 0.3) is 0 Å². The number of amides is 1. The van der Waals surface area contributed by atoms with Crippen LogP contribution in [-0.4, -0.2) is 30.5 Å². The average molecular weight is 290 g/mol. The molecule has 4 nitrogen and oxygen atoms in total.